The minimum atomic E-state index is -0.473. The van der Waals surface area contributed by atoms with Gasteiger partial charge < -0.3 is 19.7 Å². The number of esters is 1. The van der Waals surface area contributed by atoms with E-state index < -0.39 is 5.60 Å². The number of nitrogens with zero attached hydrogens (tertiary/aromatic N) is 2. The third-order valence-electron chi connectivity index (χ3n) is 4.46. The standard InChI is InChI=1S/C19H29N3O4/c1-13(21-16-12-15(6-9-20-16)17(23)25-5)14-7-10-22(11-8-14)18(24)26-19(2,3)4/h6,9,12-14H,7-8,10-11H2,1-5H3,(H,20,21)/t13-/m0/s1. The van der Waals surface area contributed by atoms with E-state index >= 15 is 0 Å². The molecule has 1 aliphatic rings. The first-order chi connectivity index (χ1) is 12.2. The maximum Gasteiger partial charge on any atom is 0.410 e. The predicted octanol–water partition coefficient (Wildman–Crippen LogP) is 3.32. The van der Waals surface area contributed by atoms with Crippen molar-refractivity contribution in [2.24, 2.45) is 5.92 Å². The van der Waals surface area contributed by atoms with Crippen LogP contribution in [0.15, 0.2) is 18.3 Å². The van der Waals surface area contributed by atoms with E-state index in [2.05, 4.69) is 17.2 Å². The molecule has 0 aliphatic carbocycles. The van der Waals surface area contributed by atoms with Crippen LogP contribution in [-0.2, 0) is 9.47 Å². The Hall–Kier alpha value is -2.31. The SMILES string of the molecule is COC(=O)c1ccnc(N[C@@H](C)C2CCN(C(=O)OC(C)(C)C)CC2)c1. The second-order valence-corrected chi connectivity index (χ2v) is 7.66. The molecule has 1 aromatic heterocycles. The van der Waals surface area contributed by atoms with Gasteiger partial charge in [-0.1, -0.05) is 0 Å². The molecule has 26 heavy (non-hydrogen) atoms. The van der Waals surface area contributed by atoms with Crippen LogP contribution in [0.25, 0.3) is 0 Å². The number of rotatable bonds is 4. The first-order valence-electron chi connectivity index (χ1n) is 8.98. The lowest BCUT2D eigenvalue weighted by atomic mass is 9.90. The number of piperidine rings is 1. The third-order valence-corrected chi connectivity index (χ3v) is 4.46. The van der Waals surface area contributed by atoms with Gasteiger partial charge in [-0.3, -0.25) is 0 Å². The van der Waals surface area contributed by atoms with Crippen molar-refractivity contribution in [1.82, 2.24) is 9.88 Å². The fraction of sp³-hybridized carbons (Fsp3) is 0.632. The summed E-state index contributed by atoms with van der Waals surface area (Å²) in [5.74, 6) is 0.681. The van der Waals surface area contributed by atoms with Crippen molar-refractivity contribution in [3.8, 4) is 0 Å². The molecule has 1 fully saturated rings. The Balaban J connectivity index is 1.88. The van der Waals surface area contributed by atoms with Crippen LogP contribution in [-0.4, -0.2) is 53.8 Å². The zero-order valence-corrected chi connectivity index (χ0v) is 16.2. The molecule has 2 heterocycles. The van der Waals surface area contributed by atoms with E-state index in [-0.39, 0.29) is 18.1 Å². The van der Waals surface area contributed by atoms with E-state index in [0.717, 1.165) is 12.8 Å². The van der Waals surface area contributed by atoms with Gasteiger partial charge in [0.1, 0.15) is 11.4 Å². The largest absolute Gasteiger partial charge is 0.465 e. The number of anilines is 1. The molecule has 0 saturated carbocycles. The summed E-state index contributed by atoms with van der Waals surface area (Å²) in [5.41, 5.74) is -0.00372. The van der Waals surface area contributed by atoms with Gasteiger partial charge in [-0.05, 0) is 58.6 Å². The quantitative estimate of drug-likeness (QED) is 0.827. The average molecular weight is 363 g/mol. The Morgan fingerprint density at radius 1 is 1.31 bits per heavy atom. The summed E-state index contributed by atoms with van der Waals surface area (Å²) in [6, 6.07) is 3.50. The molecule has 0 spiro atoms. The molecule has 0 aromatic carbocycles. The number of hydrogen-bond acceptors (Lipinski definition) is 6. The van der Waals surface area contributed by atoms with Crippen molar-refractivity contribution in [1.29, 1.82) is 0 Å². The van der Waals surface area contributed by atoms with Crippen molar-refractivity contribution < 1.29 is 19.1 Å². The molecular formula is C19H29N3O4. The summed E-state index contributed by atoms with van der Waals surface area (Å²) in [5, 5.41) is 3.36. The molecule has 2 rings (SSSR count). The second-order valence-electron chi connectivity index (χ2n) is 7.66. The molecule has 7 heteroatoms. The number of ether oxygens (including phenoxy) is 2. The molecule has 0 radical (unpaired) electrons. The first kappa shape index (κ1) is 20.0. The normalized spacial score (nSPS) is 16.7. The fourth-order valence-electron chi connectivity index (χ4n) is 3.01. The molecule has 0 unspecified atom stereocenters. The van der Waals surface area contributed by atoms with E-state index in [1.165, 1.54) is 7.11 Å². The van der Waals surface area contributed by atoms with Crippen LogP contribution in [0.4, 0.5) is 10.6 Å². The summed E-state index contributed by atoms with van der Waals surface area (Å²) < 4.78 is 10.2. The maximum atomic E-state index is 12.1. The number of aromatic nitrogens is 1. The van der Waals surface area contributed by atoms with Crippen molar-refractivity contribution in [3.05, 3.63) is 23.9 Å². The molecule has 1 aromatic rings. The zero-order chi connectivity index (χ0) is 19.3. The zero-order valence-electron chi connectivity index (χ0n) is 16.2. The molecule has 1 aliphatic heterocycles. The highest BCUT2D eigenvalue weighted by Gasteiger charge is 2.29. The molecule has 144 valence electrons. The Labute approximate surface area is 155 Å². The van der Waals surface area contributed by atoms with Gasteiger partial charge in [0.05, 0.1) is 12.7 Å². The van der Waals surface area contributed by atoms with Gasteiger partial charge in [-0.25, -0.2) is 14.6 Å². The monoisotopic (exact) mass is 363 g/mol. The lowest BCUT2D eigenvalue weighted by Crippen LogP contribution is -2.44. The summed E-state index contributed by atoms with van der Waals surface area (Å²) in [7, 11) is 1.36. The van der Waals surface area contributed by atoms with Gasteiger partial charge in [0.25, 0.3) is 0 Å². The van der Waals surface area contributed by atoms with Crippen LogP contribution in [0.1, 0.15) is 50.9 Å². The summed E-state index contributed by atoms with van der Waals surface area (Å²) in [6.07, 6.45) is 3.13. The number of likely N-dealkylation sites (tertiary alicyclic amines) is 1. The van der Waals surface area contributed by atoms with Crippen molar-refractivity contribution in [2.75, 3.05) is 25.5 Å². The Morgan fingerprint density at radius 3 is 2.54 bits per heavy atom. The van der Waals surface area contributed by atoms with E-state index in [9.17, 15) is 9.59 Å². The summed E-state index contributed by atoms with van der Waals surface area (Å²) in [4.78, 5) is 29.8. The lowest BCUT2D eigenvalue weighted by molar-refractivity contribution is 0.0179. The first-order valence-corrected chi connectivity index (χ1v) is 8.98. The van der Waals surface area contributed by atoms with Crippen LogP contribution in [0.3, 0.4) is 0 Å². The van der Waals surface area contributed by atoms with Crippen molar-refractivity contribution in [3.63, 3.8) is 0 Å². The minimum Gasteiger partial charge on any atom is -0.465 e. The van der Waals surface area contributed by atoms with E-state index in [1.807, 2.05) is 20.8 Å². The number of carbonyl (C=O) groups is 2. The minimum absolute atomic E-state index is 0.177. The van der Waals surface area contributed by atoms with Gasteiger partial charge in [-0.2, -0.15) is 0 Å². The van der Waals surface area contributed by atoms with Crippen LogP contribution < -0.4 is 5.32 Å². The van der Waals surface area contributed by atoms with E-state index in [1.54, 1.807) is 23.2 Å². The number of carbonyl (C=O) groups excluding carboxylic acids is 2. The lowest BCUT2D eigenvalue weighted by Gasteiger charge is -2.36. The van der Waals surface area contributed by atoms with Crippen LogP contribution in [0.5, 0.6) is 0 Å². The van der Waals surface area contributed by atoms with Gasteiger partial charge in [-0.15, -0.1) is 0 Å². The van der Waals surface area contributed by atoms with Crippen LogP contribution in [0.2, 0.25) is 0 Å². The van der Waals surface area contributed by atoms with Gasteiger partial charge in [0, 0.05) is 25.3 Å². The van der Waals surface area contributed by atoms with Gasteiger partial charge in [0.2, 0.25) is 0 Å². The molecule has 1 amide bonds. The third kappa shape index (κ3) is 5.61. The van der Waals surface area contributed by atoms with Crippen LogP contribution >= 0.6 is 0 Å². The highest BCUT2D eigenvalue weighted by atomic mass is 16.6. The highest BCUT2D eigenvalue weighted by molar-refractivity contribution is 5.89. The number of pyridine rings is 1. The molecule has 1 N–H and O–H groups in total. The van der Waals surface area contributed by atoms with E-state index in [0.29, 0.717) is 30.4 Å². The number of nitrogens with one attached hydrogen (secondary N) is 1. The van der Waals surface area contributed by atoms with Gasteiger partial charge >= 0.3 is 12.1 Å². The Bertz CT molecular complexity index is 634. The molecule has 7 nitrogen and oxygen atoms in total. The summed E-state index contributed by atoms with van der Waals surface area (Å²) in [6.45, 7) is 9.08. The predicted molar refractivity (Wildman–Crippen MR) is 99.2 cm³/mol. The smallest absolute Gasteiger partial charge is 0.410 e. The fourth-order valence-corrected chi connectivity index (χ4v) is 3.01. The number of amides is 1. The number of methoxy groups -OCH3 is 1. The van der Waals surface area contributed by atoms with E-state index in [4.69, 9.17) is 9.47 Å². The molecule has 0 bridgehead atoms. The second kappa shape index (κ2) is 8.38. The molecule has 1 atom stereocenters. The number of hydrogen-bond donors (Lipinski definition) is 1. The molecular weight excluding hydrogens is 334 g/mol. The van der Waals surface area contributed by atoms with Crippen molar-refractivity contribution in [2.45, 2.75) is 52.2 Å². The topological polar surface area (TPSA) is 80.8 Å². The Morgan fingerprint density at radius 2 is 1.96 bits per heavy atom. The summed E-state index contributed by atoms with van der Waals surface area (Å²) >= 11 is 0. The average Bonchev–Trinajstić information content (AvgIpc) is 2.60. The Kier molecular flexibility index (Phi) is 6.45. The van der Waals surface area contributed by atoms with Gasteiger partial charge in [0.15, 0.2) is 0 Å². The van der Waals surface area contributed by atoms with Crippen LogP contribution in [0, 0.1) is 5.92 Å². The maximum absolute atomic E-state index is 12.1. The highest BCUT2D eigenvalue weighted by Crippen LogP contribution is 2.24. The van der Waals surface area contributed by atoms with Crippen molar-refractivity contribution >= 4 is 17.9 Å². The molecule has 1 saturated heterocycles.